The van der Waals surface area contributed by atoms with Crippen molar-refractivity contribution in [3.05, 3.63) is 34.8 Å². The third-order valence-electron chi connectivity index (χ3n) is 2.72. The van der Waals surface area contributed by atoms with Crippen LogP contribution in [0.4, 0.5) is 0 Å². The summed E-state index contributed by atoms with van der Waals surface area (Å²) in [6.45, 7) is 0.131. The average Bonchev–Trinajstić information content (AvgIpc) is 3.10. The second-order valence-electron chi connectivity index (χ2n) is 4.30. The first-order valence-electron chi connectivity index (χ1n) is 6.27. The van der Waals surface area contributed by atoms with Gasteiger partial charge >= 0.3 is 0 Å². The summed E-state index contributed by atoms with van der Waals surface area (Å²) in [5.41, 5.74) is 0. The van der Waals surface area contributed by atoms with Gasteiger partial charge in [-0.2, -0.15) is 5.10 Å². The Hall–Kier alpha value is -1.26. The van der Waals surface area contributed by atoms with E-state index in [1.54, 1.807) is 7.05 Å². The van der Waals surface area contributed by atoms with Crippen molar-refractivity contribution in [1.82, 2.24) is 14.5 Å². The molecule has 0 saturated heterocycles. The molecule has 0 fully saturated rings. The van der Waals surface area contributed by atoms with Crippen LogP contribution < -0.4 is 4.72 Å². The summed E-state index contributed by atoms with van der Waals surface area (Å²) >= 11 is 1.47. The molecule has 1 atom stereocenters. The minimum Gasteiger partial charge on any atom is -0.394 e. The summed E-state index contributed by atoms with van der Waals surface area (Å²) in [7, 11) is -1.97. The van der Waals surface area contributed by atoms with Gasteiger partial charge in [0.25, 0.3) is 0 Å². The van der Waals surface area contributed by atoms with Crippen LogP contribution in [0.3, 0.4) is 0 Å². The van der Waals surface area contributed by atoms with Crippen LogP contribution in [0.2, 0.25) is 0 Å². The number of aliphatic hydroxyl groups excluding tert-OH is 1. The molecule has 7 nitrogen and oxygen atoms in total. The first-order valence-corrected chi connectivity index (χ1v) is 8.63. The van der Waals surface area contributed by atoms with Crippen LogP contribution in [0.1, 0.15) is 11.0 Å². The lowest BCUT2D eigenvalue weighted by Crippen LogP contribution is -2.29. The zero-order chi connectivity index (χ0) is 15.3. The Morgan fingerprint density at radius 3 is 2.95 bits per heavy atom. The van der Waals surface area contributed by atoms with Crippen molar-refractivity contribution >= 4 is 21.4 Å². The third-order valence-corrected chi connectivity index (χ3v) is 5.06. The zero-order valence-electron chi connectivity index (χ0n) is 11.5. The lowest BCUT2D eigenvalue weighted by Gasteiger charge is -2.16. The first-order chi connectivity index (χ1) is 10.0. The molecule has 2 heterocycles. The number of aryl methyl sites for hydroxylation is 1. The SMILES string of the molecule is Cn1cc(S(=O)(=O)NCC(OCCO)c2cccs2)cn1. The van der Waals surface area contributed by atoms with E-state index in [9.17, 15) is 8.42 Å². The van der Waals surface area contributed by atoms with Crippen LogP contribution in [0.5, 0.6) is 0 Å². The Labute approximate surface area is 127 Å². The number of hydrogen-bond acceptors (Lipinski definition) is 6. The molecule has 0 aliphatic rings. The molecule has 2 rings (SSSR count). The molecule has 0 radical (unpaired) electrons. The largest absolute Gasteiger partial charge is 0.394 e. The molecular weight excluding hydrogens is 314 g/mol. The number of ether oxygens (including phenoxy) is 1. The first kappa shape index (κ1) is 16.1. The number of aliphatic hydroxyl groups is 1. The van der Waals surface area contributed by atoms with Crippen LogP contribution in [-0.4, -0.2) is 43.1 Å². The molecule has 21 heavy (non-hydrogen) atoms. The summed E-state index contributed by atoms with van der Waals surface area (Å²) < 4.78 is 33.7. The van der Waals surface area contributed by atoms with Crippen molar-refractivity contribution in [1.29, 1.82) is 0 Å². The Morgan fingerprint density at radius 1 is 1.57 bits per heavy atom. The molecule has 0 bridgehead atoms. The highest BCUT2D eigenvalue weighted by Gasteiger charge is 2.20. The molecule has 0 saturated carbocycles. The van der Waals surface area contributed by atoms with Gasteiger partial charge in [0.15, 0.2) is 0 Å². The number of rotatable bonds is 8. The number of aromatic nitrogens is 2. The van der Waals surface area contributed by atoms with Gasteiger partial charge < -0.3 is 9.84 Å². The van der Waals surface area contributed by atoms with Crippen LogP contribution in [0.15, 0.2) is 34.8 Å². The lowest BCUT2D eigenvalue weighted by molar-refractivity contribution is 0.0328. The van der Waals surface area contributed by atoms with Crippen LogP contribution in [-0.2, 0) is 21.8 Å². The average molecular weight is 331 g/mol. The summed E-state index contributed by atoms with van der Waals surface area (Å²) in [5.74, 6) is 0. The van der Waals surface area contributed by atoms with Gasteiger partial charge in [0.1, 0.15) is 11.0 Å². The minimum absolute atomic E-state index is 0.0950. The molecule has 9 heteroatoms. The van der Waals surface area contributed by atoms with E-state index < -0.39 is 16.1 Å². The van der Waals surface area contributed by atoms with Gasteiger partial charge in [-0.1, -0.05) is 6.07 Å². The maximum absolute atomic E-state index is 12.1. The Balaban J connectivity index is 2.04. The number of thiophene rings is 1. The minimum atomic E-state index is -3.62. The molecular formula is C12H17N3O4S2. The number of hydrogen-bond donors (Lipinski definition) is 2. The van der Waals surface area contributed by atoms with Gasteiger partial charge in [-0.3, -0.25) is 4.68 Å². The Kier molecular flexibility index (Phi) is 5.48. The summed E-state index contributed by atoms with van der Waals surface area (Å²) in [4.78, 5) is 1.01. The summed E-state index contributed by atoms with van der Waals surface area (Å²) in [5, 5.41) is 14.6. The number of sulfonamides is 1. The zero-order valence-corrected chi connectivity index (χ0v) is 13.1. The highest BCUT2D eigenvalue weighted by atomic mass is 32.2. The maximum atomic E-state index is 12.1. The molecule has 0 aliphatic heterocycles. The van der Waals surface area contributed by atoms with Crippen molar-refractivity contribution < 1.29 is 18.3 Å². The predicted octanol–water partition coefficient (Wildman–Crippen LogP) is 0.510. The van der Waals surface area contributed by atoms with E-state index in [2.05, 4.69) is 9.82 Å². The molecule has 2 aromatic rings. The van der Waals surface area contributed by atoms with E-state index in [1.165, 1.54) is 28.4 Å². The molecule has 1 unspecified atom stereocenters. The van der Waals surface area contributed by atoms with Crippen LogP contribution in [0.25, 0.3) is 0 Å². The van der Waals surface area contributed by atoms with Crippen molar-refractivity contribution in [3.8, 4) is 0 Å². The quantitative estimate of drug-likeness (QED) is 0.735. The summed E-state index contributed by atoms with van der Waals surface area (Å²) in [6.07, 6.45) is 2.29. The molecule has 0 spiro atoms. The molecule has 116 valence electrons. The van der Waals surface area contributed by atoms with Gasteiger partial charge in [-0.15, -0.1) is 11.3 Å². The van der Waals surface area contributed by atoms with Crippen LogP contribution >= 0.6 is 11.3 Å². The topological polar surface area (TPSA) is 93.5 Å². The highest BCUT2D eigenvalue weighted by molar-refractivity contribution is 7.89. The molecule has 0 amide bonds. The van der Waals surface area contributed by atoms with E-state index in [0.29, 0.717) is 0 Å². The molecule has 2 aromatic heterocycles. The van der Waals surface area contributed by atoms with E-state index in [1.807, 2.05) is 17.5 Å². The second kappa shape index (κ2) is 7.14. The smallest absolute Gasteiger partial charge is 0.243 e. The fraction of sp³-hybridized carbons (Fsp3) is 0.417. The van der Waals surface area contributed by atoms with E-state index >= 15 is 0 Å². The highest BCUT2D eigenvalue weighted by Crippen LogP contribution is 2.22. The van der Waals surface area contributed by atoms with Crippen LogP contribution in [0, 0.1) is 0 Å². The molecule has 2 N–H and O–H groups in total. The number of nitrogens with zero attached hydrogens (tertiary/aromatic N) is 2. The fourth-order valence-corrected chi connectivity index (χ4v) is 3.51. The molecule has 0 aliphatic carbocycles. The standard InChI is InChI=1S/C12H17N3O4S2/c1-15-9-10(7-13-15)21(17,18)14-8-11(19-5-4-16)12-3-2-6-20-12/h2-3,6-7,9,11,14,16H,4-5,8H2,1H3. The van der Waals surface area contributed by atoms with E-state index in [-0.39, 0.29) is 24.7 Å². The van der Waals surface area contributed by atoms with E-state index in [0.717, 1.165) is 4.88 Å². The van der Waals surface area contributed by atoms with Gasteiger partial charge in [-0.25, -0.2) is 13.1 Å². The van der Waals surface area contributed by atoms with Crippen molar-refractivity contribution in [2.24, 2.45) is 7.05 Å². The van der Waals surface area contributed by atoms with Gasteiger partial charge in [0.05, 0.1) is 19.4 Å². The van der Waals surface area contributed by atoms with Gasteiger partial charge in [0.2, 0.25) is 10.0 Å². The van der Waals surface area contributed by atoms with Crippen molar-refractivity contribution in [2.45, 2.75) is 11.0 Å². The van der Waals surface area contributed by atoms with Gasteiger partial charge in [0, 0.05) is 24.7 Å². The monoisotopic (exact) mass is 331 g/mol. The van der Waals surface area contributed by atoms with Gasteiger partial charge in [-0.05, 0) is 11.4 Å². The summed E-state index contributed by atoms with van der Waals surface area (Å²) in [6, 6.07) is 3.73. The Morgan fingerprint density at radius 2 is 2.38 bits per heavy atom. The van der Waals surface area contributed by atoms with E-state index in [4.69, 9.17) is 9.84 Å². The Bertz CT molecular complexity index is 652. The second-order valence-corrected chi connectivity index (χ2v) is 7.05. The van der Waals surface area contributed by atoms with Crippen molar-refractivity contribution in [2.75, 3.05) is 19.8 Å². The third kappa shape index (κ3) is 4.35. The maximum Gasteiger partial charge on any atom is 0.243 e. The number of nitrogens with one attached hydrogen (secondary N) is 1. The normalized spacial score (nSPS) is 13.4. The fourth-order valence-electron chi connectivity index (χ4n) is 1.72. The van der Waals surface area contributed by atoms with Crippen molar-refractivity contribution in [3.63, 3.8) is 0 Å². The molecule has 0 aromatic carbocycles. The predicted molar refractivity (Wildman–Crippen MR) is 78.5 cm³/mol. The lowest BCUT2D eigenvalue weighted by atomic mass is 10.3.